The number of nitrogens with zero attached hydrogens (tertiary/aromatic N) is 1. The van der Waals surface area contributed by atoms with Gasteiger partial charge in [-0.2, -0.15) is 0 Å². The van der Waals surface area contributed by atoms with Gasteiger partial charge in [0.1, 0.15) is 5.69 Å². The Morgan fingerprint density at radius 2 is 1.94 bits per heavy atom. The lowest BCUT2D eigenvalue weighted by atomic mass is 9.80. The largest absolute Gasteiger partial charge is 0.292 e. The number of hydrogen-bond donors (Lipinski definition) is 0. The molecule has 17 heavy (non-hydrogen) atoms. The Kier molecular flexibility index (Phi) is 4.36. The third-order valence-electron chi connectivity index (χ3n) is 3.43. The number of halogens is 2. The van der Waals surface area contributed by atoms with Crippen LogP contribution in [0.25, 0.3) is 0 Å². The molecule has 1 aliphatic rings. The summed E-state index contributed by atoms with van der Waals surface area (Å²) in [4.78, 5) is 16.6. The van der Waals surface area contributed by atoms with E-state index >= 15 is 0 Å². The second kappa shape index (κ2) is 5.61. The van der Waals surface area contributed by atoms with Crippen LogP contribution >= 0.6 is 31.9 Å². The SMILES string of the molecule is CC1CCC(C(=O)c2ncc(Br)cc2Br)CC1. The predicted molar refractivity (Wildman–Crippen MR) is 75.1 cm³/mol. The van der Waals surface area contributed by atoms with Crippen molar-refractivity contribution >= 4 is 37.6 Å². The number of ketones is 1. The van der Waals surface area contributed by atoms with Gasteiger partial charge in [-0.15, -0.1) is 0 Å². The van der Waals surface area contributed by atoms with Gasteiger partial charge in [-0.1, -0.05) is 19.8 Å². The van der Waals surface area contributed by atoms with Gasteiger partial charge in [-0.3, -0.25) is 9.78 Å². The van der Waals surface area contributed by atoms with E-state index in [0.717, 1.165) is 40.5 Å². The Hall–Kier alpha value is -0.220. The molecule has 4 heteroatoms. The van der Waals surface area contributed by atoms with Gasteiger partial charge in [-0.25, -0.2) is 0 Å². The molecule has 1 fully saturated rings. The number of carbonyl (C=O) groups is 1. The van der Waals surface area contributed by atoms with E-state index in [4.69, 9.17) is 0 Å². The molecule has 0 aliphatic heterocycles. The first kappa shape index (κ1) is 13.2. The van der Waals surface area contributed by atoms with E-state index < -0.39 is 0 Å². The summed E-state index contributed by atoms with van der Waals surface area (Å²) in [5.41, 5.74) is 0.577. The van der Waals surface area contributed by atoms with E-state index in [1.165, 1.54) is 0 Å². The Balaban J connectivity index is 2.14. The fourth-order valence-electron chi connectivity index (χ4n) is 2.31. The first-order chi connectivity index (χ1) is 8.08. The molecule has 0 amide bonds. The van der Waals surface area contributed by atoms with Gasteiger partial charge in [0.05, 0.1) is 0 Å². The molecule has 92 valence electrons. The van der Waals surface area contributed by atoms with E-state index in [2.05, 4.69) is 43.8 Å². The molecule has 0 saturated heterocycles. The Morgan fingerprint density at radius 3 is 2.53 bits per heavy atom. The second-order valence-electron chi connectivity index (χ2n) is 4.81. The average Bonchev–Trinajstić information content (AvgIpc) is 2.29. The van der Waals surface area contributed by atoms with Crippen LogP contribution in [0.2, 0.25) is 0 Å². The normalized spacial score (nSPS) is 24.6. The molecule has 0 spiro atoms. The molecule has 0 N–H and O–H groups in total. The van der Waals surface area contributed by atoms with Crippen molar-refractivity contribution in [1.29, 1.82) is 0 Å². The molecule has 2 nitrogen and oxygen atoms in total. The lowest BCUT2D eigenvalue weighted by Crippen LogP contribution is -2.22. The summed E-state index contributed by atoms with van der Waals surface area (Å²) in [6.45, 7) is 2.26. The van der Waals surface area contributed by atoms with Crippen molar-refractivity contribution < 1.29 is 4.79 Å². The topological polar surface area (TPSA) is 30.0 Å². The number of pyridine rings is 1. The molecule has 0 atom stereocenters. The van der Waals surface area contributed by atoms with Crippen LogP contribution in [0.3, 0.4) is 0 Å². The monoisotopic (exact) mass is 359 g/mol. The number of carbonyl (C=O) groups excluding carboxylic acids is 1. The molecule has 0 bridgehead atoms. The Bertz CT molecular complexity index is 425. The highest BCUT2D eigenvalue weighted by molar-refractivity contribution is 9.11. The minimum Gasteiger partial charge on any atom is -0.292 e. The van der Waals surface area contributed by atoms with Crippen molar-refractivity contribution in [3.8, 4) is 0 Å². The third kappa shape index (κ3) is 3.16. The molecule has 1 aromatic heterocycles. The smallest absolute Gasteiger partial charge is 0.185 e. The third-order valence-corrected chi connectivity index (χ3v) is 4.47. The summed E-state index contributed by atoms with van der Waals surface area (Å²) in [6, 6.07) is 1.88. The van der Waals surface area contributed by atoms with Crippen molar-refractivity contribution in [2.24, 2.45) is 11.8 Å². The molecule has 1 aromatic rings. The zero-order valence-corrected chi connectivity index (χ0v) is 12.9. The fraction of sp³-hybridized carbons (Fsp3) is 0.538. The number of hydrogen-bond acceptors (Lipinski definition) is 2. The van der Waals surface area contributed by atoms with E-state index in [1.807, 2.05) is 6.07 Å². The summed E-state index contributed by atoms with van der Waals surface area (Å²) in [5.74, 6) is 1.12. The first-order valence-corrected chi connectivity index (χ1v) is 7.51. The maximum Gasteiger partial charge on any atom is 0.185 e. The zero-order chi connectivity index (χ0) is 12.4. The minimum absolute atomic E-state index is 0.163. The maximum absolute atomic E-state index is 12.3. The number of Topliss-reactive ketones (excluding diaryl/α,β-unsaturated/α-hetero) is 1. The van der Waals surface area contributed by atoms with E-state index in [1.54, 1.807) is 6.20 Å². The highest BCUT2D eigenvalue weighted by Crippen LogP contribution is 2.32. The lowest BCUT2D eigenvalue weighted by Gasteiger charge is -2.24. The Morgan fingerprint density at radius 1 is 1.29 bits per heavy atom. The molecular formula is C13H15Br2NO. The molecule has 1 saturated carbocycles. The van der Waals surface area contributed by atoms with Gasteiger partial charge in [0, 0.05) is 21.1 Å². The molecule has 1 aliphatic carbocycles. The van der Waals surface area contributed by atoms with Crippen molar-refractivity contribution in [3.63, 3.8) is 0 Å². The molecule has 0 radical (unpaired) electrons. The highest BCUT2D eigenvalue weighted by atomic mass is 79.9. The molecule has 0 unspecified atom stereocenters. The van der Waals surface area contributed by atoms with Gasteiger partial charge in [0.2, 0.25) is 0 Å². The van der Waals surface area contributed by atoms with Crippen LogP contribution in [0.15, 0.2) is 21.2 Å². The summed E-state index contributed by atoms with van der Waals surface area (Å²) in [6.07, 6.45) is 6.01. The van der Waals surface area contributed by atoms with Crippen LogP contribution in [0.1, 0.15) is 43.1 Å². The van der Waals surface area contributed by atoms with Crippen LogP contribution < -0.4 is 0 Å². The lowest BCUT2D eigenvalue weighted by molar-refractivity contribution is 0.0869. The van der Waals surface area contributed by atoms with Crippen molar-refractivity contribution in [1.82, 2.24) is 4.98 Å². The van der Waals surface area contributed by atoms with Crippen LogP contribution in [-0.2, 0) is 0 Å². The molecule has 0 aromatic carbocycles. The number of rotatable bonds is 2. The molecule has 1 heterocycles. The molecular weight excluding hydrogens is 346 g/mol. The van der Waals surface area contributed by atoms with Gasteiger partial charge in [-0.05, 0) is 56.7 Å². The highest BCUT2D eigenvalue weighted by Gasteiger charge is 2.27. The van der Waals surface area contributed by atoms with E-state index in [9.17, 15) is 4.79 Å². The van der Waals surface area contributed by atoms with E-state index in [0.29, 0.717) is 5.69 Å². The van der Waals surface area contributed by atoms with Crippen molar-refractivity contribution in [2.45, 2.75) is 32.6 Å². The van der Waals surface area contributed by atoms with Gasteiger partial charge < -0.3 is 0 Å². The quantitative estimate of drug-likeness (QED) is 0.720. The fourth-order valence-corrected chi connectivity index (χ4v) is 3.49. The maximum atomic E-state index is 12.3. The van der Waals surface area contributed by atoms with Crippen LogP contribution in [-0.4, -0.2) is 10.8 Å². The summed E-state index contributed by atoms with van der Waals surface area (Å²) in [7, 11) is 0. The number of aromatic nitrogens is 1. The predicted octanol–water partition coefficient (Wildman–Crippen LogP) is 4.62. The van der Waals surface area contributed by atoms with E-state index in [-0.39, 0.29) is 11.7 Å². The summed E-state index contributed by atoms with van der Waals surface area (Å²) < 4.78 is 1.67. The average molecular weight is 361 g/mol. The zero-order valence-electron chi connectivity index (χ0n) is 9.75. The minimum atomic E-state index is 0.163. The summed E-state index contributed by atoms with van der Waals surface area (Å²) >= 11 is 6.76. The Labute approximate surface area is 118 Å². The second-order valence-corrected chi connectivity index (χ2v) is 6.58. The van der Waals surface area contributed by atoms with Crippen LogP contribution in [0.5, 0.6) is 0 Å². The van der Waals surface area contributed by atoms with Gasteiger partial charge in [0.25, 0.3) is 0 Å². The van der Waals surface area contributed by atoms with Gasteiger partial charge >= 0.3 is 0 Å². The standard InChI is InChI=1S/C13H15Br2NO/c1-8-2-4-9(5-3-8)13(17)12-11(15)6-10(14)7-16-12/h6-9H,2-5H2,1H3. The van der Waals surface area contributed by atoms with Crippen molar-refractivity contribution in [3.05, 3.63) is 26.9 Å². The first-order valence-electron chi connectivity index (χ1n) is 5.93. The van der Waals surface area contributed by atoms with Gasteiger partial charge in [0.15, 0.2) is 5.78 Å². The summed E-state index contributed by atoms with van der Waals surface area (Å²) in [5, 5.41) is 0. The van der Waals surface area contributed by atoms with Crippen LogP contribution in [0.4, 0.5) is 0 Å². The van der Waals surface area contributed by atoms with Crippen molar-refractivity contribution in [2.75, 3.05) is 0 Å². The van der Waals surface area contributed by atoms with Crippen LogP contribution in [0, 0.1) is 11.8 Å². The molecule has 2 rings (SSSR count).